The van der Waals surface area contributed by atoms with Crippen LogP contribution >= 0.6 is 0 Å². The summed E-state index contributed by atoms with van der Waals surface area (Å²) in [5.74, 6) is -2.44. The molecular weight excluding hydrogens is 280 g/mol. The van der Waals surface area contributed by atoms with Crippen LogP contribution in [-0.2, 0) is 19.1 Å². The number of imide groups is 1. The van der Waals surface area contributed by atoms with Crippen molar-refractivity contribution in [2.45, 2.75) is 33.6 Å². The first kappa shape index (κ1) is 18.9. The van der Waals surface area contributed by atoms with Crippen molar-refractivity contribution in [3.63, 3.8) is 0 Å². The minimum Gasteiger partial charge on any atom is -0.481 e. The summed E-state index contributed by atoms with van der Waals surface area (Å²) in [6.45, 7) is 4.59. The Labute approximate surface area is 123 Å². The number of carbonyl (C=O) groups is 4. The molecule has 0 unspecified atom stereocenters. The van der Waals surface area contributed by atoms with E-state index >= 15 is 0 Å². The van der Waals surface area contributed by atoms with Crippen LogP contribution < -0.4 is 5.32 Å². The lowest BCUT2D eigenvalue weighted by molar-refractivity contribution is -0.149. The van der Waals surface area contributed by atoms with Crippen LogP contribution in [0.15, 0.2) is 0 Å². The molecule has 0 rings (SSSR count). The minimum absolute atomic E-state index is 0.272. The van der Waals surface area contributed by atoms with Gasteiger partial charge in [-0.3, -0.25) is 19.7 Å². The molecule has 0 bridgehead atoms. The molecule has 0 saturated carbocycles. The number of nitrogens with zero attached hydrogens (tertiary/aromatic N) is 1. The van der Waals surface area contributed by atoms with Gasteiger partial charge >= 0.3 is 18.0 Å². The third kappa shape index (κ3) is 6.73. The van der Waals surface area contributed by atoms with Gasteiger partial charge in [0.05, 0.1) is 12.5 Å². The van der Waals surface area contributed by atoms with Gasteiger partial charge in [-0.2, -0.15) is 0 Å². The van der Waals surface area contributed by atoms with E-state index in [0.29, 0.717) is 6.42 Å². The molecular formula is C13H22N2O6. The molecule has 0 aliphatic carbocycles. The number of carbonyl (C=O) groups excluding carboxylic acids is 3. The van der Waals surface area contributed by atoms with Gasteiger partial charge in [0.2, 0.25) is 5.91 Å². The van der Waals surface area contributed by atoms with Crippen molar-refractivity contribution < 1.29 is 29.0 Å². The van der Waals surface area contributed by atoms with Crippen LogP contribution in [0.25, 0.3) is 0 Å². The number of esters is 1. The van der Waals surface area contributed by atoms with Gasteiger partial charge in [0.15, 0.2) is 0 Å². The Hall–Kier alpha value is -2.12. The van der Waals surface area contributed by atoms with Crippen LogP contribution in [0.3, 0.4) is 0 Å². The first-order chi connectivity index (χ1) is 9.63. The van der Waals surface area contributed by atoms with Crippen LogP contribution in [0.5, 0.6) is 0 Å². The normalized spacial score (nSPS) is 10.7. The molecule has 0 radical (unpaired) electrons. The van der Waals surface area contributed by atoms with Crippen molar-refractivity contribution >= 4 is 23.9 Å². The van der Waals surface area contributed by atoms with Gasteiger partial charge in [-0.1, -0.05) is 6.92 Å². The second-order valence-electron chi connectivity index (χ2n) is 5.22. The number of hydrogen-bond donors (Lipinski definition) is 2. The fourth-order valence-corrected chi connectivity index (χ4v) is 1.46. The van der Waals surface area contributed by atoms with Crippen molar-refractivity contribution in [3.8, 4) is 0 Å². The van der Waals surface area contributed by atoms with E-state index in [-0.39, 0.29) is 19.5 Å². The summed E-state index contributed by atoms with van der Waals surface area (Å²) < 4.78 is 4.47. The Morgan fingerprint density at radius 2 is 1.81 bits per heavy atom. The predicted octanol–water partition coefficient (Wildman–Crippen LogP) is 0.608. The lowest BCUT2D eigenvalue weighted by atomic mass is 9.89. The number of urea groups is 1. The number of methoxy groups -OCH3 is 1. The minimum atomic E-state index is -1.28. The third-order valence-corrected chi connectivity index (χ3v) is 2.76. The zero-order valence-corrected chi connectivity index (χ0v) is 12.8. The average molecular weight is 302 g/mol. The molecule has 0 aliphatic rings. The third-order valence-electron chi connectivity index (χ3n) is 2.76. The van der Waals surface area contributed by atoms with E-state index in [9.17, 15) is 19.2 Å². The van der Waals surface area contributed by atoms with Crippen molar-refractivity contribution in [3.05, 3.63) is 0 Å². The van der Waals surface area contributed by atoms with Crippen LogP contribution in [0, 0.1) is 5.41 Å². The number of carboxylic acid groups (broad SMARTS) is 1. The Morgan fingerprint density at radius 3 is 2.24 bits per heavy atom. The monoisotopic (exact) mass is 302 g/mol. The van der Waals surface area contributed by atoms with Crippen molar-refractivity contribution in [1.82, 2.24) is 10.2 Å². The molecule has 0 spiro atoms. The maximum Gasteiger partial charge on any atom is 0.325 e. The van der Waals surface area contributed by atoms with Crippen LogP contribution in [0.1, 0.15) is 33.6 Å². The second kappa shape index (κ2) is 8.23. The first-order valence-electron chi connectivity index (χ1n) is 6.53. The van der Waals surface area contributed by atoms with E-state index in [1.165, 1.54) is 21.0 Å². The van der Waals surface area contributed by atoms with Gasteiger partial charge in [0, 0.05) is 13.0 Å². The van der Waals surface area contributed by atoms with Crippen LogP contribution in [0.4, 0.5) is 4.79 Å². The van der Waals surface area contributed by atoms with Crippen molar-refractivity contribution in [2.24, 2.45) is 5.41 Å². The van der Waals surface area contributed by atoms with E-state index in [4.69, 9.17) is 5.11 Å². The Kier molecular flexibility index (Phi) is 7.40. The summed E-state index contributed by atoms with van der Waals surface area (Å²) in [4.78, 5) is 46.9. The van der Waals surface area contributed by atoms with Crippen molar-refractivity contribution in [2.75, 3.05) is 20.2 Å². The number of carboxylic acids is 1. The fraction of sp³-hybridized carbons (Fsp3) is 0.692. The summed E-state index contributed by atoms with van der Waals surface area (Å²) in [5.41, 5.74) is -1.28. The van der Waals surface area contributed by atoms with Gasteiger partial charge in [-0.25, -0.2) is 4.79 Å². The predicted molar refractivity (Wildman–Crippen MR) is 73.5 cm³/mol. The number of aliphatic carboxylic acids is 1. The van der Waals surface area contributed by atoms with Crippen molar-refractivity contribution in [1.29, 1.82) is 0 Å². The molecule has 0 atom stereocenters. The smallest absolute Gasteiger partial charge is 0.325 e. The lowest BCUT2D eigenvalue weighted by Gasteiger charge is -2.22. The molecule has 0 aromatic heterocycles. The molecule has 0 heterocycles. The summed E-state index contributed by atoms with van der Waals surface area (Å²) in [6.07, 6.45) is 0.255. The Bertz CT molecular complexity index is 419. The molecule has 21 heavy (non-hydrogen) atoms. The molecule has 3 amide bonds. The highest BCUT2D eigenvalue weighted by atomic mass is 16.5. The van der Waals surface area contributed by atoms with Crippen LogP contribution in [-0.4, -0.2) is 54.1 Å². The highest BCUT2D eigenvalue weighted by molar-refractivity contribution is 5.97. The maximum atomic E-state index is 11.9. The van der Waals surface area contributed by atoms with E-state index in [1.807, 2.05) is 6.92 Å². The fourth-order valence-electron chi connectivity index (χ4n) is 1.46. The van der Waals surface area contributed by atoms with Gasteiger partial charge in [-0.15, -0.1) is 0 Å². The summed E-state index contributed by atoms with van der Waals surface area (Å²) in [7, 11) is 1.20. The van der Waals surface area contributed by atoms with E-state index in [0.717, 1.165) is 4.90 Å². The average Bonchev–Trinajstić information content (AvgIpc) is 2.36. The molecule has 0 saturated heterocycles. The summed E-state index contributed by atoms with van der Waals surface area (Å²) in [5, 5.41) is 11.0. The zero-order valence-electron chi connectivity index (χ0n) is 12.8. The molecule has 8 nitrogen and oxygen atoms in total. The van der Waals surface area contributed by atoms with Crippen LogP contribution in [0.2, 0.25) is 0 Å². The summed E-state index contributed by atoms with van der Waals surface area (Å²) in [6, 6.07) is -0.742. The maximum absolute atomic E-state index is 11.9. The number of ether oxygens (including phenoxy) is 1. The molecule has 8 heteroatoms. The van der Waals surface area contributed by atoms with Gasteiger partial charge < -0.3 is 14.7 Å². The Balaban J connectivity index is 4.64. The molecule has 0 aliphatic heterocycles. The largest absolute Gasteiger partial charge is 0.481 e. The topological polar surface area (TPSA) is 113 Å². The number of amides is 3. The zero-order chi connectivity index (χ0) is 16.6. The summed E-state index contributed by atoms with van der Waals surface area (Å²) >= 11 is 0. The van der Waals surface area contributed by atoms with Gasteiger partial charge in [-0.05, 0) is 20.3 Å². The SMILES string of the molecule is CCCN(CC(=O)OC)C(=O)NC(=O)CC(C)(C)C(=O)O. The van der Waals surface area contributed by atoms with E-state index in [2.05, 4.69) is 10.1 Å². The molecule has 0 aromatic carbocycles. The number of hydrogen-bond acceptors (Lipinski definition) is 5. The molecule has 0 aromatic rings. The standard InChI is InChI=1S/C13H22N2O6/c1-5-6-15(8-10(17)21-4)12(20)14-9(16)7-13(2,3)11(18)19/h5-8H2,1-4H3,(H,18,19)(H,14,16,20). The first-order valence-corrected chi connectivity index (χ1v) is 6.53. The second-order valence-corrected chi connectivity index (χ2v) is 5.22. The lowest BCUT2D eigenvalue weighted by Crippen LogP contribution is -2.46. The molecule has 2 N–H and O–H groups in total. The number of rotatable bonds is 7. The van der Waals surface area contributed by atoms with E-state index in [1.54, 1.807) is 0 Å². The number of nitrogens with one attached hydrogen (secondary N) is 1. The quantitative estimate of drug-likeness (QED) is 0.666. The highest BCUT2D eigenvalue weighted by Crippen LogP contribution is 2.20. The molecule has 0 fully saturated rings. The van der Waals surface area contributed by atoms with Gasteiger partial charge in [0.1, 0.15) is 6.54 Å². The highest BCUT2D eigenvalue weighted by Gasteiger charge is 2.31. The van der Waals surface area contributed by atoms with E-state index < -0.39 is 29.3 Å². The van der Waals surface area contributed by atoms with Gasteiger partial charge in [0.25, 0.3) is 0 Å². The molecule has 120 valence electrons. The Morgan fingerprint density at radius 1 is 1.24 bits per heavy atom.